The maximum Gasteiger partial charge on any atom is 0.224 e. The first kappa shape index (κ1) is 18.6. The van der Waals surface area contributed by atoms with Crippen molar-refractivity contribution in [2.24, 2.45) is 0 Å². The Morgan fingerprint density at radius 2 is 1.48 bits per heavy atom. The highest BCUT2D eigenvalue weighted by atomic mass is 16.5. The number of nitrogens with one attached hydrogen (secondary N) is 1. The average Bonchev–Trinajstić information content (AvgIpc) is 2.71. The van der Waals surface area contributed by atoms with Crippen LogP contribution in [0.1, 0.15) is 11.1 Å². The van der Waals surface area contributed by atoms with Gasteiger partial charge in [-0.05, 0) is 22.4 Å². The first-order valence-corrected chi connectivity index (χ1v) is 8.68. The van der Waals surface area contributed by atoms with E-state index in [0.717, 1.165) is 21.9 Å². The molecule has 0 aliphatic carbocycles. The Morgan fingerprint density at radius 3 is 2.19 bits per heavy atom. The Labute approximate surface area is 158 Å². The zero-order valence-electron chi connectivity index (χ0n) is 15.7. The highest BCUT2D eigenvalue weighted by Gasteiger charge is 2.13. The monoisotopic (exact) mass is 365 g/mol. The fourth-order valence-electron chi connectivity index (χ4n) is 3.02. The number of hydrogen-bond acceptors (Lipinski definition) is 4. The van der Waals surface area contributed by atoms with Crippen molar-refractivity contribution in [3.63, 3.8) is 0 Å². The van der Waals surface area contributed by atoms with Gasteiger partial charge in [0, 0.05) is 18.2 Å². The van der Waals surface area contributed by atoms with E-state index in [-0.39, 0.29) is 5.91 Å². The summed E-state index contributed by atoms with van der Waals surface area (Å²) in [5.41, 5.74) is 1.80. The van der Waals surface area contributed by atoms with Crippen LogP contribution in [-0.2, 0) is 17.8 Å². The van der Waals surface area contributed by atoms with Crippen LogP contribution in [0.15, 0.2) is 54.6 Å². The lowest BCUT2D eigenvalue weighted by molar-refractivity contribution is -0.120. The van der Waals surface area contributed by atoms with Crippen LogP contribution in [0.3, 0.4) is 0 Å². The Bertz CT molecular complexity index is 952. The van der Waals surface area contributed by atoms with Gasteiger partial charge in [0.2, 0.25) is 5.91 Å². The first-order chi connectivity index (χ1) is 13.1. The van der Waals surface area contributed by atoms with E-state index in [1.54, 1.807) is 27.4 Å². The van der Waals surface area contributed by atoms with Gasteiger partial charge in [-0.25, -0.2) is 0 Å². The van der Waals surface area contributed by atoms with Gasteiger partial charge >= 0.3 is 0 Å². The van der Waals surface area contributed by atoms with Gasteiger partial charge in [0.05, 0.1) is 27.8 Å². The summed E-state index contributed by atoms with van der Waals surface area (Å²) in [6.07, 6.45) is 0.320. The molecule has 0 unspecified atom stereocenters. The highest BCUT2D eigenvalue weighted by molar-refractivity contribution is 5.85. The Morgan fingerprint density at radius 1 is 0.815 bits per heavy atom. The number of carbonyl (C=O) groups is 1. The molecule has 0 radical (unpaired) electrons. The van der Waals surface area contributed by atoms with Gasteiger partial charge in [0.25, 0.3) is 0 Å². The van der Waals surface area contributed by atoms with Gasteiger partial charge in [-0.15, -0.1) is 0 Å². The van der Waals surface area contributed by atoms with Crippen LogP contribution in [0.25, 0.3) is 10.8 Å². The predicted octanol–water partition coefficient (Wildman–Crippen LogP) is 3.72. The topological polar surface area (TPSA) is 56.8 Å². The van der Waals surface area contributed by atoms with E-state index in [9.17, 15) is 4.79 Å². The molecule has 0 aromatic heterocycles. The van der Waals surface area contributed by atoms with Gasteiger partial charge in [-0.2, -0.15) is 0 Å². The maximum atomic E-state index is 12.4. The van der Waals surface area contributed by atoms with E-state index in [4.69, 9.17) is 14.2 Å². The molecule has 0 aliphatic rings. The van der Waals surface area contributed by atoms with E-state index < -0.39 is 0 Å². The van der Waals surface area contributed by atoms with Crippen LogP contribution in [0.5, 0.6) is 17.2 Å². The second-order valence-corrected chi connectivity index (χ2v) is 6.15. The van der Waals surface area contributed by atoms with Crippen LogP contribution in [0.2, 0.25) is 0 Å². The lowest BCUT2D eigenvalue weighted by Crippen LogP contribution is -2.24. The summed E-state index contributed by atoms with van der Waals surface area (Å²) in [5, 5.41) is 5.24. The smallest absolute Gasteiger partial charge is 0.224 e. The van der Waals surface area contributed by atoms with Crippen LogP contribution in [0, 0.1) is 0 Å². The largest absolute Gasteiger partial charge is 0.496 e. The fourth-order valence-corrected chi connectivity index (χ4v) is 3.02. The summed E-state index contributed by atoms with van der Waals surface area (Å²) in [6.45, 7) is 0.343. The van der Waals surface area contributed by atoms with Crippen molar-refractivity contribution in [3.8, 4) is 17.2 Å². The van der Waals surface area contributed by atoms with Crippen molar-refractivity contribution in [3.05, 3.63) is 65.7 Å². The zero-order chi connectivity index (χ0) is 19.2. The van der Waals surface area contributed by atoms with Gasteiger partial charge < -0.3 is 19.5 Å². The molecule has 1 amide bonds. The SMILES string of the molecule is COc1cc(OC)c(OC)cc1CNC(=O)Cc1ccc2ccccc2c1. The fraction of sp³-hybridized carbons (Fsp3) is 0.227. The van der Waals surface area contributed by atoms with Gasteiger partial charge in [0.15, 0.2) is 11.5 Å². The lowest BCUT2D eigenvalue weighted by Gasteiger charge is -2.14. The second kappa shape index (κ2) is 8.45. The average molecular weight is 365 g/mol. The molecule has 3 aromatic rings. The molecule has 3 rings (SSSR count). The van der Waals surface area contributed by atoms with Crippen LogP contribution < -0.4 is 19.5 Å². The molecule has 0 atom stereocenters. The number of methoxy groups -OCH3 is 3. The standard InChI is InChI=1S/C22H23NO4/c1-25-19-13-21(27-3)20(26-2)12-18(19)14-23-22(24)11-15-8-9-16-6-4-5-7-17(16)10-15/h4-10,12-13H,11,14H2,1-3H3,(H,23,24). The minimum Gasteiger partial charge on any atom is -0.496 e. The quantitative estimate of drug-likeness (QED) is 0.693. The first-order valence-electron chi connectivity index (χ1n) is 8.68. The number of hydrogen-bond donors (Lipinski definition) is 1. The molecular weight excluding hydrogens is 342 g/mol. The number of fused-ring (bicyclic) bond motifs is 1. The summed E-state index contributed by atoms with van der Waals surface area (Å²) in [7, 11) is 4.73. The molecule has 0 bridgehead atoms. The third kappa shape index (κ3) is 4.31. The predicted molar refractivity (Wildman–Crippen MR) is 106 cm³/mol. The highest BCUT2D eigenvalue weighted by Crippen LogP contribution is 2.34. The molecule has 0 fully saturated rings. The molecule has 3 aromatic carbocycles. The van der Waals surface area contributed by atoms with E-state index in [1.165, 1.54) is 0 Å². The minimum absolute atomic E-state index is 0.0536. The molecule has 0 spiro atoms. The molecule has 1 N–H and O–H groups in total. The number of carbonyl (C=O) groups excluding carboxylic acids is 1. The molecule has 0 heterocycles. The van der Waals surface area contributed by atoms with Crippen molar-refractivity contribution in [1.29, 1.82) is 0 Å². The van der Waals surface area contributed by atoms with Crippen molar-refractivity contribution < 1.29 is 19.0 Å². The summed E-state index contributed by atoms with van der Waals surface area (Å²) < 4.78 is 16.0. The van der Waals surface area contributed by atoms with Gasteiger partial charge in [-0.3, -0.25) is 4.79 Å². The van der Waals surface area contributed by atoms with E-state index in [1.807, 2.05) is 42.5 Å². The Kier molecular flexibility index (Phi) is 5.81. The summed E-state index contributed by atoms with van der Waals surface area (Å²) in [5.74, 6) is 1.76. The van der Waals surface area contributed by atoms with Gasteiger partial charge in [-0.1, -0.05) is 42.5 Å². The number of amides is 1. The van der Waals surface area contributed by atoms with Crippen molar-refractivity contribution in [1.82, 2.24) is 5.32 Å². The third-order valence-electron chi connectivity index (χ3n) is 4.44. The van der Waals surface area contributed by atoms with Crippen LogP contribution in [-0.4, -0.2) is 27.2 Å². The molecule has 5 nitrogen and oxygen atoms in total. The van der Waals surface area contributed by atoms with E-state index >= 15 is 0 Å². The van der Waals surface area contributed by atoms with Crippen LogP contribution in [0.4, 0.5) is 0 Å². The maximum absolute atomic E-state index is 12.4. The number of ether oxygens (including phenoxy) is 3. The number of benzene rings is 3. The molecular formula is C22H23NO4. The normalized spacial score (nSPS) is 10.5. The Balaban J connectivity index is 1.69. The van der Waals surface area contributed by atoms with Crippen LogP contribution >= 0.6 is 0 Å². The van der Waals surface area contributed by atoms with E-state index in [2.05, 4.69) is 11.4 Å². The van der Waals surface area contributed by atoms with E-state index in [0.29, 0.717) is 30.2 Å². The molecule has 0 saturated carbocycles. The molecule has 140 valence electrons. The molecule has 0 aliphatic heterocycles. The number of rotatable bonds is 7. The molecule has 27 heavy (non-hydrogen) atoms. The summed E-state index contributed by atoms with van der Waals surface area (Å²) >= 11 is 0. The molecule has 5 heteroatoms. The summed E-state index contributed by atoms with van der Waals surface area (Å²) in [4.78, 5) is 12.4. The van der Waals surface area contributed by atoms with Gasteiger partial charge in [0.1, 0.15) is 5.75 Å². The second-order valence-electron chi connectivity index (χ2n) is 6.15. The van der Waals surface area contributed by atoms with Crippen molar-refractivity contribution in [2.75, 3.05) is 21.3 Å². The Hall–Kier alpha value is -3.21. The molecule has 0 saturated heterocycles. The minimum atomic E-state index is -0.0536. The third-order valence-corrected chi connectivity index (χ3v) is 4.44. The zero-order valence-corrected chi connectivity index (χ0v) is 15.7. The van der Waals surface area contributed by atoms with Crippen molar-refractivity contribution >= 4 is 16.7 Å². The van der Waals surface area contributed by atoms with Crippen molar-refractivity contribution in [2.45, 2.75) is 13.0 Å². The summed E-state index contributed by atoms with van der Waals surface area (Å²) in [6, 6.07) is 17.7. The lowest BCUT2D eigenvalue weighted by atomic mass is 10.0.